The van der Waals surface area contributed by atoms with Gasteiger partial charge in [-0.05, 0) is 75.3 Å². The first-order valence-electron chi connectivity index (χ1n) is 11.6. The summed E-state index contributed by atoms with van der Waals surface area (Å²) in [5.41, 5.74) is 4.20. The highest BCUT2D eigenvalue weighted by Crippen LogP contribution is 2.28. The minimum Gasteiger partial charge on any atom is -0.444 e. The second kappa shape index (κ2) is 11.2. The van der Waals surface area contributed by atoms with Gasteiger partial charge < -0.3 is 9.64 Å². The third kappa shape index (κ3) is 6.96. The smallest absolute Gasteiger partial charge is 0.410 e. The number of piperidine rings is 1. The number of halogens is 1. The number of benzene rings is 2. The quantitative estimate of drug-likeness (QED) is 0.403. The Kier molecular flexibility index (Phi) is 8.60. The fraction of sp³-hybridized carbons (Fsp3) is 0.462. The molecule has 1 heterocycles. The normalized spacial score (nSPS) is 17.2. The molecule has 0 saturated carbocycles. The van der Waals surface area contributed by atoms with Crippen LogP contribution in [0, 0.1) is 18.7 Å². The van der Waals surface area contributed by atoms with Gasteiger partial charge in [-0.25, -0.2) is 9.18 Å². The Labute approximate surface area is 205 Å². The first-order chi connectivity index (χ1) is 16.0. The summed E-state index contributed by atoms with van der Waals surface area (Å²) in [4.78, 5) is 29.8. The highest BCUT2D eigenvalue weighted by atomic mass is 32.2. The molecule has 2 unspecified atom stereocenters. The van der Waals surface area contributed by atoms with Crippen LogP contribution in [-0.4, -0.2) is 40.8 Å². The molecule has 2 amide bonds. The lowest BCUT2D eigenvalue weighted by atomic mass is 9.95. The molecule has 3 rings (SSSR count). The molecule has 2 N–H and O–H groups in total. The maximum Gasteiger partial charge on any atom is 0.410 e. The highest BCUT2D eigenvalue weighted by molar-refractivity contribution is 7.97. The molecule has 2 aromatic rings. The molecule has 2 aromatic carbocycles. The Bertz CT molecular complexity index is 1010. The predicted octanol–water partition coefficient (Wildman–Crippen LogP) is 5.72. The number of hydrazine groups is 1. The number of carbonyl (C=O) groups excluding carboxylic acids is 2. The van der Waals surface area contributed by atoms with Gasteiger partial charge in [-0.15, -0.1) is 0 Å². The average Bonchev–Trinajstić information content (AvgIpc) is 2.80. The van der Waals surface area contributed by atoms with E-state index in [1.165, 1.54) is 11.9 Å². The second-order valence-electron chi connectivity index (χ2n) is 9.73. The molecule has 1 saturated heterocycles. The van der Waals surface area contributed by atoms with Crippen LogP contribution in [0.5, 0.6) is 0 Å². The van der Waals surface area contributed by atoms with Crippen LogP contribution >= 0.6 is 11.9 Å². The van der Waals surface area contributed by atoms with Gasteiger partial charge in [0.25, 0.3) is 5.91 Å². The van der Waals surface area contributed by atoms with Crippen molar-refractivity contribution in [2.45, 2.75) is 58.3 Å². The van der Waals surface area contributed by atoms with Crippen molar-refractivity contribution in [3.05, 3.63) is 59.4 Å². The Hall–Kier alpha value is -2.58. The molecular weight excluding hydrogens is 453 g/mol. The van der Waals surface area contributed by atoms with Crippen LogP contribution < -0.4 is 10.3 Å². The van der Waals surface area contributed by atoms with E-state index in [2.05, 4.69) is 10.3 Å². The molecular formula is C26H34FN3O3S. The zero-order valence-electron chi connectivity index (χ0n) is 20.5. The molecule has 0 spiro atoms. The standard InChI is InChI=1S/C26H34FN3O3S/c1-17-14-21(19-10-7-6-8-11-19)15-22(23(17)27)24(31)28-29-34-18(2)20-12-9-13-30(16-20)25(32)33-26(3,4)5/h6-8,10-11,14-15,18,20,29H,9,12-13,16H2,1-5H3,(H,28,31). The number of carbonyl (C=O) groups is 2. The van der Waals surface area contributed by atoms with Crippen LogP contribution in [0.25, 0.3) is 11.1 Å². The molecule has 0 bridgehead atoms. The van der Waals surface area contributed by atoms with E-state index >= 15 is 0 Å². The number of hydrogen-bond acceptors (Lipinski definition) is 5. The summed E-state index contributed by atoms with van der Waals surface area (Å²) in [6, 6.07) is 12.9. The van der Waals surface area contributed by atoms with Crippen molar-refractivity contribution < 1.29 is 18.7 Å². The third-order valence-electron chi connectivity index (χ3n) is 5.79. The van der Waals surface area contributed by atoms with E-state index < -0.39 is 17.3 Å². The van der Waals surface area contributed by atoms with E-state index in [1.54, 1.807) is 24.0 Å². The van der Waals surface area contributed by atoms with Crippen molar-refractivity contribution >= 4 is 23.9 Å². The maximum atomic E-state index is 14.7. The van der Waals surface area contributed by atoms with E-state index in [1.807, 2.05) is 58.0 Å². The molecule has 6 nitrogen and oxygen atoms in total. The van der Waals surface area contributed by atoms with Gasteiger partial charge in [-0.2, -0.15) is 4.83 Å². The second-order valence-corrected chi connectivity index (χ2v) is 10.9. The number of rotatable bonds is 6. The van der Waals surface area contributed by atoms with Crippen LogP contribution in [0.1, 0.15) is 56.5 Å². The lowest BCUT2D eigenvalue weighted by Gasteiger charge is -2.36. The van der Waals surface area contributed by atoms with Gasteiger partial charge in [0, 0.05) is 18.3 Å². The molecule has 34 heavy (non-hydrogen) atoms. The van der Waals surface area contributed by atoms with Crippen molar-refractivity contribution in [1.29, 1.82) is 0 Å². The van der Waals surface area contributed by atoms with Crippen LogP contribution in [-0.2, 0) is 4.74 Å². The van der Waals surface area contributed by atoms with Crippen LogP contribution in [0.15, 0.2) is 42.5 Å². The molecule has 1 aliphatic heterocycles. The fourth-order valence-electron chi connectivity index (χ4n) is 3.95. The number of likely N-dealkylation sites (tertiary alicyclic amines) is 1. The van der Waals surface area contributed by atoms with Gasteiger partial charge in [0.05, 0.1) is 5.56 Å². The average molecular weight is 488 g/mol. The third-order valence-corrected chi connectivity index (χ3v) is 6.77. The minimum absolute atomic E-state index is 0.00614. The monoisotopic (exact) mass is 487 g/mol. The molecule has 2 atom stereocenters. The predicted molar refractivity (Wildman–Crippen MR) is 135 cm³/mol. The van der Waals surface area contributed by atoms with Crippen LogP contribution in [0.4, 0.5) is 9.18 Å². The van der Waals surface area contributed by atoms with Crippen LogP contribution in [0.3, 0.4) is 0 Å². The van der Waals surface area contributed by atoms with Crippen molar-refractivity contribution in [3.63, 3.8) is 0 Å². The SMILES string of the molecule is Cc1cc(-c2ccccc2)cc(C(=O)NNSC(C)C2CCCN(C(=O)OC(C)(C)C)C2)c1F. The van der Waals surface area contributed by atoms with Crippen molar-refractivity contribution in [1.82, 2.24) is 15.2 Å². The summed E-state index contributed by atoms with van der Waals surface area (Å²) in [6.45, 7) is 10.6. The lowest BCUT2D eigenvalue weighted by Crippen LogP contribution is -2.45. The van der Waals surface area contributed by atoms with Gasteiger partial charge in [0.15, 0.2) is 0 Å². The molecule has 0 aromatic heterocycles. The molecule has 0 radical (unpaired) electrons. The zero-order valence-corrected chi connectivity index (χ0v) is 21.3. The molecule has 184 valence electrons. The first kappa shape index (κ1) is 26.0. The Morgan fingerprint density at radius 2 is 1.88 bits per heavy atom. The number of amides is 2. The van der Waals surface area contributed by atoms with E-state index in [4.69, 9.17) is 4.74 Å². The van der Waals surface area contributed by atoms with Crippen LogP contribution in [0.2, 0.25) is 0 Å². The maximum absolute atomic E-state index is 14.7. The van der Waals surface area contributed by atoms with Gasteiger partial charge in [0.1, 0.15) is 11.4 Å². The topological polar surface area (TPSA) is 70.7 Å². The Balaban J connectivity index is 1.56. The van der Waals surface area contributed by atoms with Crippen molar-refractivity contribution in [2.75, 3.05) is 13.1 Å². The summed E-state index contributed by atoms with van der Waals surface area (Å²) in [5, 5.41) is 0.118. The van der Waals surface area contributed by atoms with E-state index in [0.29, 0.717) is 18.7 Å². The molecule has 8 heteroatoms. The van der Waals surface area contributed by atoms with E-state index in [-0.39, 0.29) is 22.8 Å². The zero-order chi connectivity index (χ0) is 24.9. The number of hydrogen-bond donors (Lipinski definition) is 2. The van der Waals surface area contributed by atoms with Gasteiger partial charge in [-0.1, -0.05) is 49.2 Å². The number of nitrogens with one attached hydrogen (secondary N) is 2. The molecule has 1 aliphatic rings. The van der Waals surface area contributed by atoms with Gasteiger partial charge in [0.2, 0.25) is 0 Å². The Morgan fingerprint density at radius 3 is 2.56 bits per heavy atom. The Morgan fingerprint density at radius 1 is 1.18 bits per heavy atom. The largest absolute Gasteiger partial charge is 0.444 e. The summed E-state index contributed by atoms with van der Waals surface area (Å²) in [6.07, 6.45) is 1.59. The van der Waals surface area contributed by atoms with Crippen molar-refractivity contribution in [2.24, 2.45) is 5.92 Å². The number of ether oxygens (including phenoxy) is 1. The number of nitrogens with zero attached hydrogens (tertiary/aromatic N) is 1. The van der Waals surface area contributed by atoms with Crippen molar-refractivity contribution in [3.8, 4) is 11.1 Å². The summed E-state index contributed by atoms with van der Waals surface area (Å²) in [7, 11) is 0. The van der Waals surface area contributed by atoms with E-state index in [0.717, 1.165) is 24.0 Å². The highest BCUT2D eigenvalue weighted by Gasteiger charge is 2.30. The summed E-state index contributed by atoms with van der Waals surface area (Å²) < 4.78 is 20.2. The first-order valence-corrected chi connectivity index (χ1v) is 12.5. The minimum atomic E-state index is -0.530. The van der Waals surface area contributed by atoms with Gasteiger partial charge >= 0.3 is 6.09 Å². The summed E-state index contributed by atoms with van der Waals surface area (Å²) >= 11 is 1.36. The summed E-state index contributed by atoms with van der Waals surface area (Å²) in [5.74, 6) is -0.814. The van der Waals surface area contributed by atoms with E-state index in [9.17, 15) is 14.0 Å². The molecule has 1 fully saturated rings. The fourth-order valence-corrected chi connectivity index (χ4v) is 4.70. The molecule has 0 aliphatic carbocycles. The number of aryl methyl sites for hydroxylation is 1. The van der Waals surface area contributed by atoms with Gasteiger partial charge in [-0.3, -0.25) is 10.2 Å². The lowest BCUT2D eigenvalue weighted by molar-refractivity contribution is 0.0167.